The molecule has 0 saturated heterocycles. The molecule has 0 aromatic heterocycles. The van der Waals surface area contributed by atoms with Crippen molar-refractivity contribution in [1.82, 2.24) is 0 Å². The third-order valence-corrected chi connectivity index (χ3v) is 6.80. The highest BCUT2D eigenvalue weighted by Crippen LogP contribution is 2.48. The number of halogens is 2. The first-order chi connectivity index (χ1) is 16.4. The maximum Gasteiger partial charge on any atom is 0.584 e. The number of phosphoric acid groups is 1. The van der Waals surface area contributed by atoms with Gasteiger partial charge in [0.25, 0.3) is 0 Å². The lowest BCUT2D eigenvalue weighted by molar-refractivity contribution is 0.289. The predicted octanol–water partition coefficient (Wildman–Crippen LogP) is 9.43. The summed E-state index contributed by atoms with van der Waals surface area (Å²) in [6.45, 7) is 2.78. The fraction of sp³-hybridized carbons (Fsp3) is 0.538. The van der Waals surface area contributed by atoms with E-state index >= 15 is 0 Å². The molecule has 2 aromatic rings. The monoisotopic (exact) mass is 529 g/mol. The molecule has 2 rings (SSSR count). The molecule has 189 valence electrons. The smallest absolute Gasteiger partial charge is 0.492 e. The number of phosphoric ester groups is 1. The maximum atomic E-state index is 12.3. The highest BCUT2D eigenvalue weighted by molar-refractivity contribution is 7.48. The Morgan fingerprint density at radius 3 is 1.97 bits per heavy atom. The summed E-state index contributed by atoms with van der Waals surface area (Å²) >= 11 is 12.5. The Bertz CT molecular complexity index is 879. The number of benzene rings is 2. The summed E-state index contributed by atoms with van der Waals surface area (Å²) in [5.41, 5.74) is 0. The first-order valence-electron chi connectivity index (χ1n) is 12.2. The molecular formula is C26H36Cl2O5P. The van der Waals surface area contributed by atoms with E-state index in [1.807, 2.05) is 0 Å². The van der Waals surface area contributed by atoms with Gasteiger partial charge in [-0.05, 0) is 12.5 Å². The quantitative estimate of drug-likeness (QED) is 0.154. The van der Waals surface area contributed by atoms with Gasteiger partial charge in [0.15, 0.2) is 5.75 Å². The molecule has 0 aliphatic heterocycles. The molecule has 1 unspecified atom stereocenters. The summed E-state index contributed by atoms with van der Waals surface area (Å²) in [4.78, 5) is 10.00. The van der Waals surface area contributed by atoms with Crippen LogP contribution in [0.4, 0.5) is 0 Å². The second kappa shape index (κ2) is 16.3. The standard InChI is InChI=1S/C26H36Cl2O5P/c1-2-3-4-5-6-7-8-9-10-11-12-16-19-31-25-20-24(28)26(21-23(25)27)33-34(29,30)32-22-17-14-13-15-18-22/h13-15,17,20-21H,2-12,16,19H2,1H3,(H,29,30). The van der Waals surface area contributed by atoms with E-state index in [1.54, 1.807) is 18.2 Å². The average Bonchev–Trinajstić information content (AvgIpc) is 2.80. The largest absolute Gasteiger partial charge is 0.584 e. The minimum Gasteiger partial charge on any atom is -0.492 e. The second-order valence-electron chi connectivity index (χ2n) is 8.33. The maximum absolute atomic E-state index is 12.3. The summed E-state index contributed by atoms with van der Waals surface area (Å²) in [5.74, 6) is 0.427. The number of hydrogen-bond acceptors (Lipinski definition) is 4. The third kappa shape index (κ3) is 11.8. The van der Waals surface area contributed by atoms with Gasteiger partial charge in [-0.2, -0.15) is 0 Å². The van der Waals surface area contributed by atoms with Crippen molar-refractivity contribution < 1.29 is 23.2 Å². The summed E-state index contributed by atoms with van der Waals surface area (Å²) in [5, 5.41) is 0.341. The van der Waals surface area contributed by atoms with Crippen LogP contribution in [0, 0.1) is 6.07 Å². The highest BCUT2D eigenvalue weighted by Gasteiger charge is 2.27. The van der Waals surface area contributed by atoms with E-state index in [2.05, 4.69) is 13.0 Å². The molecule has 1 atom stereocenters. The van der Waals surface area contributed by atoms with E-state index in [1.165, 1.54) is 82.4 Å². The van der Waals surface area contributed by atoms with Gasteiger partial charge in [-0.15, -0.1) is 0 Å². The predicted molar refractivity (Wildman–Crippen MR) is 139 cm³/mol. The molecule has 1 N–H and O–H groups in total. The molecule has 5 nitrogen and oxygen atoms in total. The third-order valence-electron chi connectivity index (χ3n) is 5.35. The van der Waals surface area contributed by atoms with E-state index in [9.17, 15) is 9.46 Å². The van der Waals surface area contributed by atoms with Crippen LogP contribution in [0.25, 0.3) is 0 Å². The first-order valence-corrected chi connectivity index (χ1v) is 14.5. The molecule has 2 aromatic carbocycles. The Kier molecular flexibility index (Phi) is 13.8. The van der Waals surface area contributed by atoms with Crippen molar-refractivity contribution in [3.05, 3.63) is 52.5 Å². The highest BCUT2D eigenvalue weighted by atomic mass is 35.5. The summed E-state index contributed by atoms with van der Waals surface area (Å²) in [6.07, 6.45) is 15.3. The number of unbranched alkanes of at least 4 members (excludes halogenated alkanes) is 11. The van der Waals surface area contributed by atoms with Crippen molar-refractivity contribution in [3.63, 3.8) is 0 Å². The van der Waals surface area contributed by atoms with Crippen molar-refractivity contribution in [3.8, 4) is 17.2 Å². The van der Waals surface area contributed by atoms with Crippen molar-refractivity contribution >= 4 is 31.0 Å². The SMILES string of the molecule is CCCCCCCCCCCCCCOc1cc(Cl)c(OP(=O)(O)Oc2[c]cccc2)cc1Cl. The van der Waals surface area contributed by atoms with Crippen LogP contribution in [0.2, 0.25) is 10.0 Å². The van der Waals surface area contributed by atoms with Gasteiger partial charge in [0, 0.05) is 18.2 Å². The summed E-state index contributed by atoms with van der Waals surface area (Å²) in [7, 11) is -4.46. The zero-order valence-corrected chi connectivity index (χ0v) is 22.3. The fourth-order valence-corrected chi connectivity index (χ4v) is 4.77. The van der Waals surface area contributed by atoms with Gasteiger partial charge in [-0.25, -0.2) is 4.57 Å². The van der Waals surface area contributed by atoms with Crippen molar-refractivity contribution in [2.75, 3.05) is 6.61 Å². The van der Waals surface area contributed by atoms with E-state index in [-0.39, 0.29) is 21.5 Å². The van der Waals surface area contributed by atoms with Crippen LogP contribution in [-0.4, -0.2) is 11.5 Å². The normalized spacial score (nSPS) is 12.8. The van der Waals surface area contributed by atoms with Crippen LogP contribution in [0.5, 0.6) is 17.2 Å². The van der Waals surface area contributed by atoms with Crippen LogP contribution >= 0.6 is 31.0 Å². The number of ether oxygens (including phenoxy) is 1. The lowest BCUT2D eigenvalue weighted by atomic mass is 10.1. The lowest BCUT2D eigenvalue weighted by Crippen LogP contribution is -2.01. The number of rotatable bonds is 18. The van der Waals surface area contributed by atoms with Gasteiger partial charge >= 0.3 is 7.82 Å². The molecule has 0 bridgehead atoms. The van der Waals surface area contributed by atoms with E-state index in [0.29, 0.717) is 12.4 Å². The Balaban J connectivity index is 1.65. The molecule has 34 heavy (non-hydrogen) atoms. The van der Waals surface area contributed by atoms with Crippen LogP contribution < -0.4 is 13.8 Å². The van der Waals surface area contributed by atoms with Gasteiger partial charge in [-0.1, -0.05) is 119 Å². The molecular weight excluding hydrogens is 494 g/mol. The van der Waals surface area contributed by atoms with Gasteiger partial charge in [0.1, 0.15) is 11.5 Å². The van der Waals surface area contributed by atoms with Crippen molar-refractivity contribution in [1.29, 1.82) is 0 Å². The molecule has 0 amide bonds. The minimum atomic E-state index is -4.46. The van der Waals surface area contributed by atoms with Gasteiger partial charge < -0.3 is 13.8 Å². The molecule has 0 aliphatic carbocycles. The van der Waals surface area contributed by atoms with Crippen LogP contribution in [0.3, 0.4) is 0 Å². The zero-order chi connectivity index (χ0) is 24.7. The molecule has 0 aliphatic rings. The molecule has 0 heterocycles. The van der Waals surface area contributed by atoms with Gasteiger partial charge in [-0.3, -0.25) is 4.89 Å². The molecule has 0 saturated carbocycles. The Hall–Kier alpha value is -1.39. The Labute approximate surface area is 214 Å². The summed E-state index contributed by atoms with van der Waals surface area (Å²) in [6, 6.07) is 11.9. The number of hydrogen-bond donors (Lipinski definition) is 1. The van der Waals surface area contributed by atoms with Crippen LogP contribution in [0.1, 0.15) is 84.0 Å². The second-order valence-corrected chi connectivity index (χ2v) is 10.4. The van der Waals surface area contributed by atoms with Gasteiger partial charge in [0.2, 0.25) is 0 Å². The Morgan fingerprint density at radius 1 is 0.824 bits per heavy atom. The fourth-order valence-electron chi connectivity index (χ4n) is 3.52. The van der Waals surface area contributed by atoms with Crippen LogP contribution in [0.15, 0.2) is 36.4 Å². The molecule has 0 fully saturated rings. The Morgan fingerprint density at radius 2 is 1.38 bits per heavy atom. The lowest BCUT2D eigenvalue weighted by Gasteiger charge is -2.16. The molecule has 8 heteroatoms. The van der Waals surface area contributed by atoms with E-state index in [0.717, 1.165) is 12.8 Å². The summed E-state index contributed by atoms with van der Waals surface area (Å²) < 4.78 is 28.1. The van der Waals surface area contributed by atoms with E-state index in [4.69, 9.17) is 37.0 Å². The first kappa shape index (κ1) is 28.8. The van der Waals surface area contributed by atoms with Crippen molar-refractivity contribution in [2.45, 2.75) is 84.0 Å². The average molecular weight is 530 g/mol. The van der Waals surface area contributed by atoms with Crippen molar-refractivity contribution in [2.24, 2.45) is 0 Å². The van der Waals surface area contributed by atoms with E-state index < -0.39 is 7.82 Å². The van der Waals surface area contributed by atoms with Gasteiger partial charge in [0.05, 0.1) is 16.7 Å². The minimum absolute atomic E-state index is 0.0638. The molecule has 0 spiro atoms. The molecule has 1 radical (unpaired) electrons. The number of para-hydroxylation sites is 1. The zero-order valence-electron chi connectivity index (χ0n) is 19.9. The topological polar surface area (TPSA) is 65.0 Å². The van der Waals surface area contributed by atoms with Crippen LogP contribution in [-0.2, 0) is 4.57 Å².